The Hall–Kier alpha value is -0.0800. The number of hydrogen-bond acceptors (Lipinski definition) is 2. The minimum atomic E-state index is -0.216. The van der Waals surface area contributed by atoms with E-state index in [-0.39, 0.29) is 6.10 Å². The van der Waals surface area contributed by atoms with E-state index >= 15 is 0 Å². The lowest BCUT2D eigenvalue weighted by molar-refractivity contribution is -0.0713. The lowest BCUT2D eigenvalue weighted by Gasteiger charge is -2.59. The van der Waals surface area contributed by atoms with E-state index in [0.717, 1.165) is 24.3 Å². The third kappa shape index (κ3) is 2.15. The van der Waals surface area contributed by atoms with Crippen LogP contribution >= 0.6 is 0 Å². The summed E-state index contributed by atoms with van der Waals surface area (Å²) in [5.41, 5.74) is 0.573. The van der Waals surface area contributed by atoms with Crippen LogP contribution < -0.4 is 5.32 Å². The fraction of sp³-hybridized carbons (Fsp3) is 1.00. The predicted molar refractivity (Wildman–Crippen MR) is 69.8 cm³/mol. The molecular formula is C15H27NO. The van der Waals surface area contributed by atoms with Crippen molar-refractivity contribution in [2.75, 3.05) is 6.54 Å². The Morgan fingerprint density at radius 2 is 1.53 bits per heavy atom. The van der Waals surface area contributed by atoms with Crippen LogP contribution in [0, 0.1) is 23.2 Å². The molecule has 0 saturated heterocycles. The van der Waals surface area contributed by atoms with Gasteiger partial charge in [-0.05, 0) is 75.5 Å². The maximum Gasteiger partial charge on any atom is 0.0636 e. The minimum absolute atomic E-state index is 0.216. The van der Waals surface area contributed by atoms with Crippen molar-refractivity contribution in [3.8, 4) is 0 Å². The molecule has 4 aliphatic rings. The molecule has 0 spiro atoms. The quantitative estimate of drug-likeness (QED) is 0.787. The Morgan fingerprint density at radius 3 is 1.94 bits per heavy atom. The predicted octanol–water partition coefficient (Wildman–Crippen LogP) is 2.56. The average Bonchev–Trinajstić information content (AvgIpc) is 2.23. The van der Waals surface area contributed by atoms with Crippen molar-refractivity contribution in [2.24, 2.45) is 23.2 Å². The molecule has 4 bridgehead atoms. The maximum absolute atomic E-state index is 9.42. The second-order valence-corrected chi connectivity index (χ2v) is 7.26. The Morgan fingerprint density at radius 1 is 1.06 bits per heavy atom. The second kappa shape index (κ2) is 4.24. The Kier molecular flexibility index (Phi) is 2.99. The number of rotatable bonds is 4. The molecule has 0 aromatic carbocycles. The molecule has 1 unspecified atom stereocenters. The van der Waals surface area contributed by atoms with Gasteiger partial charge in [0, 0.05) is 12.6 Å². The summed E-state index contributed by atoms with van der Waals surface area (Å²) in [6, 6.07) is 0.588. The fourth-order valence-electron chi connectivity index (χ4n) is 5.27. The molecule has 4 aliphatic carbocycles. The van der Waals surface area contributed by atoms with Gasteiger partial charge in [0.1, 0.15) is 0 Å². The van der Waals surface area contributed by atoms with Gasteiger partial charge < -0.3 is 10.4 Å². The first-order chi connectivity index (χ1) is 8.07. The van der Waals surface area contributed by atoms with E-state index in [9.17, 15) is 5.11 Å². The highest BCUT2D eigenvalue weighted by Crippen LogP contribution is 2.61. The molecule has 4 fully saturated rings. The zero-order valence-corrected chi connectivity index (χ0v) is 11.3. The van der Waals surface area contributed by atoms with Gasteiger partial charge in [-0.2, -0.15) is 0 Å². The van der Waals surface area contributed by atoms with Crippen LogP contribution in [0.3, 0.4) is 0 Å². The first kappa shape index (κ1) is 12.0. The molecule has 0 aliphatic heterocycles. The molecule has 98 valence electrons. The number of aliphatic hydroxyl groups excluding tert-OH is 1. The van der Waals surface area contributed by atoms with Gasteiger partial charge in [-0.25, -0.2) is 0 Å². The van der Waals surface area contributed by atoms with Crippen molar-refractivity contribution in [3.05, 3.63) is 0 Å². The van der Waals surface area contributed by atoms with Gasteiger partial charge in [-0.1, -0.05) is 0 Å². The van der Waals surface area contributed by atoms with Crippen LogP contribution in [-0.4, -0.2) is 23.8 Å². The van der Waals surface area contributed by atoms with E-state index in [1.54, 1.807) is 0 Å². The molecule has 0 aromatic rings. The second-order valence-electron chi connectivity index (χ2n) is 7.26. The molecule has 2 N–H and O–H groups in total. The van der Waals surface area contributed by atoms with Gasteiger partial charge in [-0.3, -0.25) is 0 Å². The van der Waals surface area contributed by atoms with E-state index in [1.807, 2.05) is 6.92 Å². The first-order valence-corrected chi connectivity index (χ1v) is 7.49. The van der Waals surface area contributed by atoms with E-state index in [1.165, 1.54) is 38.5 Å². The average molecular weight is 237 g/mol. The molecule has 4 saturated carbocycles. The fourth-order valence-corrected chi connectivity index (χ4v) is 5.27. The molecule has 4 rings (SSSR count). The van der Waals surface area contributed by atoms with Gasteiger partial charge in [-0.15, -0.1) is 0 Å². The Labute approximate surface area is 105 Å². The highest BCUT2D eigenvalue weighted by molar-refractivity contribution is 5.05. The minimum Gasteiger partial charge on any atom is -0.392 e. The van der Waals surface area contributed by atoms with E-state index < -0.39 is 0 Å². The van der Waals surface area contributed by atoms with Crippen LogP contribution in [0.5, 0.6) is 0 Å². The number of nitrogens with one attached hydrogen (secondary N) is 1. The molecule has 2 nitrogen and oxygen atoms in total. The highest BCUT2D eigenvalue weighted by atomic mass is 16.3. The third-order valence-corrected chi connectivity index (χ3v) is 5.72. The van der Waals surface area contributed by atoms with Gasteiger partial charge in [0.15, 0.2) is 0 Å². The molecular weight excluding hydrogens is 210 g/mol. The van der Waals surface area contributed by atoms with E-state index in [0.29, 0.717) is 11.5 Å². The topological polar surface area (TPSA) is 32.3 Å². The largest absolute Gasteiger partial charge is 0.392 e. The maximum atomic E-state index is 9.42. The van der Waals surface area contributed by atoms with Crippen LogP contribution in [0.15, 0.2) is 0 Å². The summed E-state index contributed by atoms with van der Waals surface area (Å²) in [7, 11) is 0. The van der Waals surface area contributed by atoms with E-state index in [4.69, 9.17) is 0 Å². The zero-order chi connectivity index (χ0) is 12.0. The molecule has 2 atom stereocenters. The Bertz CT molecular complexity index is 251. The summed E-state index contributed by atoms with van der Waals surface area (Å²) in [6.45, 7) is 4.98. The van der Waals surface area contributed by atoms with Crippen LogP contribution in [0.25, 0.3) is 0 Å². The molecule has 17 heavy (non-hydrogen) atoms. The van der Waals surface area contributed by atoms with Crippen LogP contribution in [0.4, 0.5) is 0 Å². The molecule has 0 amide bonds. The van der Waals surface area contributed by atoms with Crippen molar-refractivity contribution >= 4 is 0 Å². The Balaban J connectivity index is 1.68. The molecule has 0 aromatic heterocycles. The lowest BCUT2D eigenvalue weighted by Crippen LogP contribution is -2.55. The van der Waals surface area contributed by atoms with E-state index in [2.05, 4.69) is 12.2 Å². The van der Waals surface area contributed by atoms with Crippen molar-refractivity contribution in [1.82, 2.24) is 5.32 Å². The lowest BCUT2D eigenvalue weighted by atomic mass is 9.48. The van der Waals surface area contributed by atoms with Crippen molar-refractivity contribution in [2.45, 2.75) is 64.5 Å². The summed E-state index contributed by atoms with van der Waals surface area (Å²) in [6.07, 6.45) is 8.69. The number of hydrogen-bond donors (Lipinski definition) is 2. The zero-order valence-electron chi connectivity index (χ0n) is 11.3. The first-order valence-electron chi connectivity index (χ1n) is 7.49. The van der Waals surface area contributed by atoms with Gasteiger partial charge >= 0.3 is 0 Å². The molecule has 2 heteroatoms. The molecule has 0 heterocycles. The summed E-state index contributed by atoms with van der Waals surface area (Å²) >= 11 is 0. The summed E-state index contributed by atoms with van der Waals surface area (Å²) in [5, 5.41) is 13.0. The van der Waals surface area contributed by atoms with Crippen molar-refractivity contribution in [3.63, 3.8) is 0 Å². The molecule has 0 radical (unpaired) electrons. The summed E-state index contributed by atoms with van der Waals surface area (Å²) in [4.78, 5) is 0. The standard InChI is InChI=1S/C15H27NO/c1-10(17)9-16-11(2)15-6-12-3-13(7-15)5-14(4-12)8-15/h10-14,16-17H,3-9H2,1-2H3/t10-,11?,12?,13?,14?,15?/m1/s1. The normalized spacial score (nSPS) is 47.1. The summed E-state index contributed by atoms with van der Waals surface area (Å²) in [5.74, 6) is 3.08. The number of aliphatic hydroxyl groups is 1. The van der Waals surface area contributed by atoms with Gasteiger partial charge in [0.2, 0.25) is 0 Å². The summed E-state index contributed by atoms with van der Waals surface area (Å²) < 4.78 is 0. The SMILES string of the molecule is CC(NC[C@@H](C)O)C12CC3CC(CC(C3)C1)C2. The third-order valence-electron chi connectivity index (χ3n) is 5.72. The van der Waals surface area contributed by atoms with Crippen LogP contribution in [-0.2, 0) is 0 Å². The van der Waals surface area contributed by atoms with Crippen molar-refractivity contribution < 1.29 is 5.11 Å². The van der Waals surface area contributed by atoms with Crippen molar-refractivity contribution in [1.29, 1.82) is 0 Å². The van der Waals surface area contributed by atoms with Gasteiger partial charge in [0.05, 0.1) is 6.10 Å². The highest BCUT2D eigenvalue weighted by Gasteiger charge is 2.52. The smallest absolute Gasteiger partial charge is 0.0636 e. The van der Waals surface area contributed by atoms with Gasteiger partial charge in [0.25, 0.3) is 0 Å². The monoisotopic (exact) mass is 237 g/mol. The van der Waals surface area contributed by atoms with Crippen LogP contribution in [0.1, 0.15) is 52.4 Å². The van der Waals surface area contributed by atoms with Crippen LogP contribution in [0.2, 0.25) is 0 Å².